The third-order valence-corrected chi connectivity index (χ3v) is 5.50. The molecule has 1 aromatic carbocycles. The number of amides is 1. The molecule has 0 spiro atoms. The highest BCUT2D eigenvalue weighted by Gasteiger charge is 2.29. The predicted octanol–water partition coefficient (Wildman–Crippen LogP) is 2.31. The number of carbonyl (C=O) groups is 1. The second-order valence-corrected chi connectivity index (χ2v) is 7.18. The molecule has 0 bridgehead atoms. The van der Waals surface area contributed by atoms with Gasteiger partial charge >= 0.3 is 0 Å². The van der Waals surface area contributed by atoms with Crippen molar-refractivity contribution in [3.63, 3.8) is 0 Å². The highest BCUT2D eigenvalue weighted by atomic mass is 16.2. The number of para-hydroxylation sites is 2. The van der Waals surface area contributed by atoms with Crippen LogP contribution in [0.4, 0.5) is 5.95 Å². The molecule has 2 heterocycles. The zero-order chi connectivity index (χ0) is 17.1. The maximum absolute atomic E-state index is 12.5. The van der Waals surface area contributed by atoms with Crippen LogP contribution in [-0.4, -0.2) is 64.9 Å². The van der Waals surface area contributed by atoms with Crippen molar-refractivity contribution in [1.29, 1.82) is 0 Å². The molecule has 1 aliphatic carbocycles. The summed E-state index contributed by atoms with van der Waals surface area (Å²) >= 11 is 0. The Kier molecular flexibility index (Phi) is 4.88. The van der Waals surface area contributed by atoms with Gasteiger partial charge in [-0.3, -0.25) is 9.69 Å². The van der Waals surface area contributed by atoms with Crippen LogP contribution in [-0.2, 0) is 4.79 Å². The highest BCUT2D eigenvalue weighted by Crippen LogP contribution is 2.26. The zero-order valence-electron chi connectivity index (χ0n) is 14.7. The van der Waals surface area contributed by atoms with Crippen LogP contribution in [0.3, 0.4) is 0 Å². The summed E-state index contributed by atoms with van der Waals surface area (Å²) in [5.41, 5.74) is 2.05. The highest BCUT2D eigenvalue weighted by molar-refractivity contribution is 5.79. The van der Waals surface area contributed by atoms with Gasteiger partial charge in [0, 0.05) is 45.2 Å². The Morgan fingerprint density at radius 1 is 1.16 bits per heavy atom. The molecule has 1 aliphatic heterocycles. The monoisotopic (exact) mass is 341 g/mol. The molecule has 2 aliphatic rings. The Morgan fingerprint density at radius 3 is 2.68 bits per heavy atom. The van der Waals surface area contributed by atoms with Crippen molar-refractivity contribution in [2.75, 3.05) is 44.6 Å². The van der Waals surface area contributed by atoms with Crippen molar-refractivity contribution < 1.29 is 4.79 Å². The van der Waals surface area contributed by atoms with Crippen LogP contribution >= 0.6 is 0 Å². The Hall–Kier alpha value is -2.08. The molecule has 1 amide bonds. The van der Waals surface area contributed by atoms with Crippen LogP contribution < -0.4 is 5.32 Å². The molecular formula is C19H27N5O. The number of anilines is 1. The Balaban J connectivity index is 1.20. The molecule has 0 atom stereocenters. The summed E-state index contributed by atoms with van der Waals surface area (Å²) in [6, 6.07) is 8.06. The third-order valence-electron chi connectivity index (χ3n) is 5.50. The van der Waals surface area contributed by atoms with Crippen LogP contribution in [0.15, 0.2) is 24.3 Å². The second-order valence-electron chi connectivity index (χ2n) is 7.18. The molecule has 1 saturated carbocycles. The summed E-state index contributed by atoms with van der Waals surface area (Å²) in [5, 5.41) is 3.37. The molecule has 6 heteroatoms. The normalized spacial score (nSPS) is 19.6. The average molecular weight is 341 g/mol. The second kappa shape index (κ2) is 7.44. The minimum absolute atomic E-state index is 0.307. The number of rotatable bonds is 5. The van der Waals surface area contributed by atoms with Gasteiger partial charge in [0.25, 0.3) is 0 Å². The first kappa shape index (κ1) is 16.4. The zero-order valence-corrected chi connectivity index (χ0v) is 14.7. The van der Waals surface area contributed by atoms with E-state index in [9.17, 15) is 4.79 Å². The summed E-state index contributed by atoms with van der Waals surface area (Å²) in [4.78, 5) is 24.8. The molecule has 2 aromatic rings. The Bertz CT molecular complexity index is 680. The molecular weight excluding hydrogens is 314 g/mol. The molecule has 6 nitrogen and oxygen atoms in total. The van der Waals surface area contributed by atoms with Gasteiger partial charge in [-0.05, 0) is 25.0 Å². The Labute approximate surface area is 148 Å². The standard InChI is InChI=1S/C19H27N5O/c25-18(15-5-1-2-6-15)24-13-11-23(12-14-24)10-9-20-19-21-16-7-3-4-8-17(16)22-19/h3-4,7-8,15H,1-2,5-6,9-14H2,(H2,20,21,22). The molecule has 2 fully saturated rings. The van der Waals surface area contributed by atoms with E-state index in [-0.39, 0.29) is 0 Å². The van der Waals surface area contributed by atoms with E-state index in [1.54, 1.807) is 0 Å². The van der Waals surface area contributed by atoms with Crippen LogP contribution in [0, 0.1) is 5.92 Å². The van der Waals surface area contributed by atoms with Crippen molar-refractivity contribution >= 4 is 22.9 Å². The van der Waals surface area contributed by atoms with Crippen LogP contribution in [0.25, 0.3) is 11.0 Å². The number of hydrogen-bond donors (Lipinski definition) is 2. The smallest absolute Gasteiger partial charge is 0.225 e. The molecule has 1 saturated heterocycles. The number of carbonyl (C=O) groups excluding carboxylic acids is 1. The van der Waals surface area contributed by atoms with Gasteiger partial charge < -0.3 is 15.2 Å². The van der Waals surface area contributed by atoms with E-state index < -0.39 is 0 Å². The maximum atomic E-state index is 12.5. The number of nitrogens with zero attached hydrogens (tertiary/aromatic N) is 3. The fraction of sp³-hybridized carbons (Fsp3) is 0.579. The average Bonchev–Trinajstić information content (AvgIpc) is 3.31. The number of aromatic amines is 1. The first-order chi connectivity index (χ1) is 12.3. The first-order valence-electron chi connectivity index (χ1n) is 9.49. The first-order valence-corrected chi connectivity index (χ1v) is 9.49. The van der Waals surface area contributed by atoms with Gasteiger partial charge in [0.05, 0.1) is 11.0 Å². The van der Waals surface area contributed by atoms with Gasteiger partial charge in [0.15, 0.2) is 0 Å². The summed E-state index contributed by atoms with van der Waals surface area (Å²) in [5.74, 6) is 1.54. The number of hydrogen-bond acceptors (Lipinski definition) is 4. The van der Waals surface area contributed by atoms with E-state index in [4.69, 9.17) is 0 Å². The van der Waals surface area contributed by atoms with Crippen molar-refractivity contribution in [2.45, 2.75) is 25.7 Å². The van der Waals surface area contributed by atoms with Crippen molar-refractivity contribution in [3.05, 3.63) is 24.3 Å². The quantitative estimate of drug-likeness (QED) is 0.876. The van der Waals surface area contributed by atoms with E-state index in [1.165, 1.54) is 12.8 Å². The predicted molar refractivity (Wildman–Crippen MR) is 99.6 cm³/mol. The number of benzene rings is 1. The van der Waals surface area contributed by atoms with E-state index in [1.807, 2.05) is 24.3 Å². The number of fused-ring (bicyclic) bond motifs is 1. The summed E-state index contributed by atoms with van der Waals surface area (Å²) < 4.78 is 0. The molecule has 2 N–H and O–H groups in total. The van der Waals surface area contributed by atoms with Gasteiger partial charge in [-0.25, -0.2) is 4.98 Å². The van der Waals surface area contributed by atoms with E-state index >= 15 is 0 Å². The minimum atomic E-state index is 0.307. The number of nitrogens with one attached hydrogen (secondary N) is 2. The lowest BCUT2D eigenvalue weighted by atomic mass is 10.1. The van der Waals surface area contributed by atoms with Crippen molar-refractivity contribution in [1.82, 2.24) is 19.8 Å². The van der Waals surface area contributed by atoms with Gasteiger partial charge in [0.2, 0.25) is 11.9 Å². The lowest BCUT2D eigenvalue weighted by molar-refractivity contribution is -0.137. The third kappa shape index (κ3) is 3.79. The fourth-order valence-corrected chi connectivity index (χ4v) is 3.99. The largest absolute Gasteiger partial charge is 0.355 e. The number of piperazine rings is 1. The van der Waals surface area contributed by atoms with Crippen molar-refractivity contribution in [2.24, 2.45) is 5.92 Å². The number of aromatic nitrogens is 2. The summed E-state index contributed by atoms with van der Waals surface area (Å²) in [6.07, 6.45) is 4.65. The van der Waals surface area contributed by atoms with Crippen molar-refractivity contribution in [3.8, 4) is 0 Å². The fourth-order valence-electron chi connectivity index (χ4n) is 3.99. The summed E-state index contributed by atoms with van der Waals surface area (Å²) in [6.45, 7) is 5.53. The number of H-pyrrole nitrogens is 1. The van der Waals surface area contributed by atoms with E-state index in [0.29, 0.717) is 11.8 Å². The van der Waals surface area contributed by atoms with Crippen LogP contribution in [0.5, 0.6) is 0 Å². The summed E-state index contributed by atoms with van der Waals surface area (Å²) in [7, 11) is 0. The molecule has 1 aromatic heterocycles. The van der Waals surface area contributed by atoms with E-state index in [0.717, 1.165) is 69.1 Å². The lowest BCUT2D eigenvalue weighted by Gasteiger charge is -2.36. The topological polar surface area (TPSA) is 64.3 Å². The van der Waals surface area contributed by atoms with Gasteiger partial charge in [-0.2, -0.15) is 0 Å². The lowest BCUT2D eigenvalue weighted by Crippen LogP contribution is -2.50. The van der Waals surface area contributed by atoms with Gasteiger partial charge in [-0.1, -0.05) is 25.0 Å². The van der Waals surface area contributed by atoms with Gasteiger partial charge in [0.1, 0.15) is 0 Å². The van der Waals surface area contributed by atoms with Crippen LogP contribution in [0.2, 0.25) is 0 Å². The molecule has 0 radical (unpaired) electrons. The molecule has 134 valence electrons. The Morgan fingerprint density at radius 2 is 1.92 bits per heavy atom. The van der Waals surface area contributed by atoms with E-state index in [2.05, 4.69) is 25.1 Å². The minimum Gasteiger partial charge on any atom is -0.355 e. The molecule has 0 unspecified atom stereocenters. The molecule has 25 heavy (non-hydrogen) atoms. The van der Waals surface area contributed by atoms with Gasteiger partial charge in [-0.15, -0.1) is 0 Å². The maximum Gasteiger partial charge on any atom is 0.225 e. The SMILES string of the molecule is O=C(C1CCCC1)N1CCN(CCNc2nc3ccccc3[nH]2)CC1. The van der Waals surface area contributed by atoms with Crippen LogP contribution in [0.1, 0.15) is 25.7 Å². The molecule has 4 rings (SSSR count). The number of imidazole rings is 1.